The maximum atomic E-state index is 15.0. The predicted molar refractivity (Wildman–Crippen MR) is 135 cm³/mol. The summed E-state index contributed by atoms with van der Waals surface area (Å²) in [5.74, 6) is 1.23. The van der Waals surface area contributed by atoms with Crippen LogP contribution < -0.4 is 10.6 Å². The minimum absolute atomic E-state index is 0.0359. The molecule has 3 aromatic heterocycles. The van der Waals surface area contributed by atoms with E-state index in [2.05, 4.69) is 43.6 Å². The van der Waals surface area contributed by atoms with Gasteiger partial charge in [0.05, 0.1) is 11.7 Å². The van der Waals surface area contributed by atoms with Crippen molar-refractivity contribution in [2.45, 2.75) is 52.0 Å². The van der Waals surface area contributed by atoms with Gasteiger partial charge in [-0.25, -0.2) is 28.7 Å². The fourth-order valence-electron chi connectivity index (χ4n) is 5.49. The molecule has 186 valence electrons. The molecule has 1 fully saturated rings. The zero-order chi connectivity index (χ0) is 24.8. The van der Waals surface area contributed by atoms with Crippen LogP contribution in [0.5, 0.6) is 0 Å². The van der Waals surface area contributed by atoms with Gasteiger partial charge in [-0.2, -0.15) is 0 Å². The molecule has 0 amide bonds. The van der Waals surface area contributed by atoms with Gasteiger partial charge < -0.3 is 15.2 Å². The lowest BCUT2D eigenvalue weighted by atomic mass is 9.90. The highest BCUT2D eigenvalue weighted by atomic mass is 19.1. The average molecular weight is 490 g/mol. The van der Waals surface area contributed by atoms with Crippen LogP contribution in [0.4, 0.5) is 20.5 Å². The van der Waals surface area contributed by atoms with Gasteiger partial charge in [0.25, 0.3) is 0 Å². The molecule has 2 N–H and O–H groups in total. The van der Waals surface area contributed by atoms with Crippen LogP contribution in [0.25, 0.3) is 22.3 Å². The van der Waals surface area contributed by atoms with Crippen molar-refractivity contribution >= 4 is 22.8 Å². The van der Waals surface area contributed by atoms with E-state index in [0.29, 0.717) is 28.3 Å². The van der Waals surface area contributed by atoms with E-state index in [0.717, 1.165) is 50.1 Å². The molecule has 4 aromatic rings. The zero-order valence-electron chi connectivity index (χ0n) is 20.5. The molecule has 9 heteroatoms. The first kappa shape index (κ1) is 23.0. The number of pyridine rings is 1. The average Bonchev–Trinajstić information content (AvgIpc) is 3.43. The van der Waals surface area contributed by atoms with Gasteiger partial charge in [0, 0.05) is 23.7 Å². The molecule has 0 spiro atoms. The fourth-order valence-corrected chi connectivity index (χ4v) is 5.49. The smallest absolute Gasteiger partial charge is 0.229 e. The Bertz CT molecular complexity index is 1440. The number of anilines is 2. The molecule has 36 heavy (non-hydrogen) atoms. The predicted octanol–water partition coefficient (Wildman–Crippen LogP) is 5.27. The molecular weight excluding hydrogens is 460 g/mol. The number of rotatable bonds is 5. The summed E-state index contributed by atoms with van der Waals surface area (Å²) in [5.41, 5.74) is 3.56. The van der Waals surface area contributed by atoms with Gasteiger partial charge in [-0.1, -0.05) is 6.07 Å². The number of nitrogens with zero attached hydrogens (tertiary/aromatic N) is 5. The Morgan fingerprint density at radius 2 is 1.89 bits per heavy atom. The molecule has 0 saturated carbocycles. The van der Waals surface area contributed by atoms with E-state index in [-0.39, 0.29) is 17.7 Å². The standard InChI is InChI=1S/C27H29F2N7/c1-15-3-6-24-34-26-20(28)12-19(13-22(26)36(15)24)25-21(29)14-31-27(35-25)33-23-5-4-18(16(2)32-23)11-17-7-9-30-10-8-17/h4-5,12-15,17,30H,3,6-11H2,1-2H3,(H,31,32,33,35). The van der Waals surface area contributed by atoms with Crippen LogP contribution >= 0.6 is 0 Å². The number of nitrogens with one attached hydrogen (secondary N) is 2. The number of hydrogen-bond donors (Lipinski definition) is 2. The lowest BCUT2D eigenvalue weighted by molar-refractivity contribution is 0.372. The van der Waals surface area contributed by atoms with E-state index in [4.69, 9.17) is 0 Å². The van der Waals surface area contributed by atoms with Crippen molar-refractivity contribution in [1.82, 2.24) is 29.8 Å². The maximum absolute atomic E-state index is 15.0. The fraction of sp³-hybridized carbons (Fsp3) is 0.407. The summed E-state index contributed by atoms with van der Waals surface area (Å²) in [6.07, 6.45) is 6.25. The minimum Gasteiger partial charge on any atom is -0.325 e. The summed E-state index contributed by atoms with van der Waals surface area (Å²) in [6, 6.07) is 7.27. The van der Waals surface area contributed by atoms with E-state index < -0.39 is 11.6 Å². The number of fused-ring (bicyclic) bond motifs is 3. The molecule has 2 aliphatic rings. The molecule has 1 saturated heterocycles. The lowest BCUT2D eigenvalue weighted by Crippen LogP contribution is -2.28. The summed E-state index contributed by atoms with van der Waals surface area (Å²) in [7, 11) is 0. The first-order chi connectivity index (χ1) is 17.5. The summed E-state index contributed by atoms with van der Waals surface area (Å²) in [5, 5.41) is 6.49. The highest BCUT2D eigenvalue weighted by molar-refractivity contribution is 5.83. The highest BCUT2D eigenvalue weighted by Crippen LogP contribution is 2.34. The van der Waals surface area contributed by atoms with Crippen LogP contribution in [0.1, 0.15) is 49.3 Å². The highest BCUT2D eigenvalue weighted by Gasteiger charge is 2.25. The first-order valence-corrected chi connectivity index (χ1v) is 12.6. The van der Waals surface area contributed by atoms with E-state index in [1.165, 1.54) is 24.5 Å². The van der Waals surface area contributed by atoms with Gasteiger partial charge in [0.15, 0.2) is 11.6 Å². The number of aromatic nitrogens is 5. The van der Waals surface area contributed by atoms with Gasteiger partial charge in [-0.15, -0.1) is 0 Å². The van der Waals surface area contributed by atoms with E-state index in [9.17, 15) is 8.78 Å². The number of aryl methyl sites for hydroxylation is 2. The van der Waals surface area contributed by atoms with Gasteiger partial charge in [-0.3, -0.25) is 0 Å². The molecule has 5 heterocycles. The van der Waals surface area contributed by atoms with Crippen molar-refractivity contribution < 1.29 is 8.78 Å². The first-order valence-electron chi connectivity index (χ1n) is 12.6. The summed E-state index contributed by atoms with van der Waals surface area (Å²) < 4.78 is 31.8. The van der Waals surface area contributed by atoms with Crippen LogP contribution in [0.15, 0.2) is 30.5 Å². The van der Waals surface area contributed by atoms with Crippen molar-refractivity contribution in [3.8, 4) is 11.3 Å². The molecule has 6 rings (SSSR count). The third kappa shape index (κ3) is 4.21. The molecule has 2 aliphatic heterocycles. The number of halogens is 2. The third-order valence-corrected chi connectivity index (χ3v) is 7.47. The second-order valence-corrected chi connectivity index (χ2v) is 9.97. The Labute approximate surface area is 208 Å². The van der Waals surface area contributed by atoms with E-state index >= 15 is 0 Å². The number of imidazole rings is 1. The summed E-state index contributed by atoms with van der Waals surface area (Å²) >= 11 is 0. The Kier molecular flexibility index (Phi) is 5.87. The molecule has 7 nitrogen and oxygen atoms in total. The van der Waals surface area contributed by atoms with Crippen LogP contribution in [0.3, 0.4) is 0 Å². The molecule has 0 radical (unpaired) electrons. The third-order valence-electron chi connectivity index (χ3n) is 7.47. The van der Waals surface area contributed by atoms with Crippen molar-refractivity contribution in [3.05, 3.63) is 59.2 Å². The van der Waals surface area contributed by atoms with Crippen molar-refractivity contribution in [2.24, 2.45) is 5.92 Å². The Balaban J connectivity index is 1.28. The van der Waals surface area contributed by atoms with Crippen molar-refractivity contribution in [2.75, 3.05) is 18.4 Å². The molecular formula is C27H29F2N7. The van der Waals surface area contributed by atoms with Crippen LogP contribution in [0.2, 0.25) is 0 Å². The topological polar surface area (TPSA) is 80.6 Å². The molecule has 0 bridgehead atoms. The van der Waals surface area contributed by atoms with Gasteiger partial charge in [0.2, 0.25) is 5.95 Å². The van der Waals surface area contributed by atoms with E-state index in [1.807, 2.05) is 17.6 Å². The minimum atomic E-state index is -0.616. The van der Waals surface area contributed by atoms with Crippen molar-refractivity contribution in [1.29, 1.82) is 0 Å². The zero-order valence-corrected chi connectivity index (χ0v) is 20.5. The molecule has 1 atom stereocenters. The van der Waals surface area contributed by atoms with Gasteiger partial charge in [-0.05, 0) is 82.3 Å². The lowest BCUT2D eigenvalue weighted by Gasteiger charge is -2.23. The molecule has 1 unspecified atom stereocenters. The Morgan fingerprint density at radius 1 is 1.06 bits per heavy atom. The van der Waals surface area contributed by atoms with Crippen LogP contribution in [-0.2, 0) is 12.8 Å². The Morgan fingerprint density at radius 3 is 2.69 bits per heavy atom. The monoisotopic (exact) mass is 489 g/mol. The second-order valence-electron chi connectivity index (χ2n) is 9.97. The summed E-state index contributed by atoms with van der Waals surface area (Å²) in [4.78, 5) is 17.6. The van der Waals surface area contributed by atoms with Gasteiger partial charge >= 0.3 is 0 Å². The maximum Gasteiger partial charge on any atom is 0.229 e. The Hall–Kier alpha value is -3.46. The largest absolute Gasteiger partial charge is 0.325 e. The van der Waals surface area contributed by atoms with Gasteiger partial charge in [0.1, 0.15) is 22.9 Å². The van der Waals surface area contributed by atoms with E-state index in [1.54, 1.807) is 6.07 Å². The van der Waals surface area contributed by atoms with Crippen LogP contribution in [0, 0.1) is 24.5 Å². The number of hydrogen-bond acceptors (Lipinski definition) is 6. The number of benzene rings is 1. The second kappa shape index (κ2) is 9.20. The quantitative estimate of drug-likeness (QED) is 0.398. The molecule has 0 aliphatic carbocycles. The normalized spacial score (nSPS) is 18.1. The van der Waals surface area contributed by atoms with Crippen LogP contribution in [-0.4, -0.2) is 37.6 Å². The molecule has 1 aromatic carbocycles. The number of piperidine rings is 1. The van der Waals surface area contributed by atoms with Crippen molar-refractivity contribution in [3.63, 3.8) is 0 Å². The summed E-state index contributed by atoms with van der Waals surface area (Å²) in [6.45, 7) is 6.23. The SMILES string of the molecule is Cc1nc(Nc2ncc(F)c(-c3cc(F)c4nc5n(c4c3)C(C)CC5)n2)ccc1CC1CCNCC1.